The number of carbonyl (C=O) groups excluding carboxylic acids is 1. The first-order chi connectivity index (χ1) is 8.56. The Labute approximate surface area is 114 Å². The molecule has 18 heavy (non-hydrogen) atoms. The first-order valence-corrected chi connectivity index (χ1v) is 6.28. The van der Waals surface area contributed by atoms with Crippen molar-refractivity contribution in [1.29, 1.82) is 0 Å². The van der Waals surface area contributed by atoms with Crippen LogP contribution in [0.2, 0.25) is 0 Å². The molecule has 0 aromatic heterocycles. The summed E-state index contributed by atoms with van der Waals surface area (Å²) in [6.45, 7) is 1.95. The van der Waals surface area contributed by atoms with E-state index >= 15 is 0 Å². The van der Waals surface area contributed by atoms with Crippen LogP contribution in [-0.2, 0) is 0 Å². The van der Waals surface area contributed by atoms with E-state index in [2.05, 4.69) is 21.2 Å². The number of anilines is 2. The minimum atomic E-state index is -0.167. The van der Waals surface area contributed by atoms with E-state index in [1.54, 1.807) is 18.2 Å². The molecule has 0 heterocycles. The van der Waals surface area contributed by atoms with Crippen molar-refractivity contribution in [3.8, 4) is 0 Å². The monoisotopic (exact) mass is 304 g/mol. The number of hydrogen-bond acceptors (Lipinski definition) is 2. The topological polar surface area (TPSA) is 55.1 Å². The standard InChI is InChI=1S/C14H13BrN2O/c1-9-2-7-12(16)13(8-9)17-14(18)10-3-5-11(15)6-4-10/h2-8H,16H2,1H3,(H,17,18). The van der Waals surface area contributed by atoms with Crippen LogP contribution >= 0.6 is 15.9 Å². The van der Waals surface area contributed by atoms with Crippen molar-refractivity contribution in [3.05, 3.63) is 58.1 Å². The van der Waals surface area contributed by atoms with E-state index in [9.17, 15) is 4.79 Å². The van der Waals surface area contributed by atoms with Crippen molar-refractivity contribution in [3.63, 3.8) is 0 Å². The molecule has 0 saturated carbocycles. The lowest BCUT2D eigenvalue weighted by Gasteiger charge is -2.09. The fourth-order valence-electron chi connectivity index (χ4n) is 1.57. The maximum absolute atomic E-state index is 12.0. The number of aryl methyl sites for hydroxylation is 1. The van der Waals surface area contributed by atoms with Gasteiger partial charge < -0.3 is 11.1 Å². The summed E-state index contributed by atoms with van der Waals surface area (Å²) in [6, 6.07) is 12.7. The molecule has 1 amide bonds. The van der Waals surface area contributed by atoms with Crippen LogP contribution in [0.3, 0.4) is 0 Å². The van der Waals surface area contributed by atoms with E-state index in [-0.39, 0.29) is 5.91 Å². The number of nitrogens with one attached hydrogen (secondary N) is 1. The zero-order valence-electron chi connectivity index (χ0n) is 9.91. The minimum Gasteiger partial charge on any atom is -0.397 e. The van der Waals surface area contributed by atoms with Gasteiger partial charge in [0.15, 0.2) is 0 Å². The van der Waals surface area contributed by atoms with Crippen LogP contribution in [0.1, 0.15) is 15.9 Å². The average molecular weight is 305 g/mol. The van der Waals surface area contributed by atoms with Crippen LogP contribution in [0.25, 0.3) is 0 Å². The van der Waals surface area contributed by atoms with E-state index in [1.807, 2.05) is 31.2 Å². The Morgan fingerprint density at radius 3 is 2.50 bits per heavy atom. The van der Waals surface area contributed by atoms with E-state index in [0.717, 1.165) is 10.0 Å². The number of halogens is 1. The van der Waals surface area contributed by atoms with E-state index in [4.69, 9.17) is 5.73 Å². The average Bonchev–Trinajstić information content (AvgIpc) is 2.34. The fraction of sp³-hybridized carbons (Fsp3) is 0.0714. The SMILES string of the molecule is Cc1ccc(N)c(NC(=O)c2ccc(Br)cc2)c1. The van der Waals surface area contributed by atoms with Crippen molar-refractivity contribution >= 4 is 33.2 Å². The van der Waals surface area contributed by atoms with Crippen LogP contribution in [0.15, 0.2) is 46.9 Å². The predicted octanol–water partition coefficient (Wildman–Crippen LogP) is 3.59. The van der Waals surface area contributed by atoms with Gasteiger partial charge in [-0.2, -0.15) is 0 Å². The first kappa shape index (κ1) is 12.6. The second-order valence-electron chi connectivity index (χ2n) is 4.05. The third-order valence-electron chi connectivity index (χ3n) is 2.56. The zero-order valence-corrected chi connectivity index (χ0v) is 11.5. The number of benzene rings is 2. The Bertz CT molecular complexity index is 579. The van der Waals surface area contributed by atoms with Gasteiger partial charge in [0.25, 0.3) is 5.91 Å². The molecule has 3 N–H and O–H groups in total. The highest BCUT2D eigenvalue weighted by molar-refractivity contribution is 9.10. The molecule has 0 saturated heterocycles. The lowest BCUT2D eigenvalue weighted by atomic mass is 10.1. The van der Waals surface area contributed by atoms with Gasteiger partial charge in [0, 0.05) is 10.0 Å². The number of nitrogens with two attached hydrogens (primary N) is 1. The van der Waals surface area contributed by atoms with Crippen LogP contribution in [-0.4, -0.2) is 5.91 Å². The summed E-state index contributed by atoms with van der Waals surface area (Å²) >= 11 is 3.33. The molecule has 2 aromatic carbocycles. The molecule has 3 nitrogen and oxygen atoms in total. The van der Waals surface area contributed by atoms with Gasteiger partial charge in [0.05, 0.1) is 11.4 Å². The maximum atomic E-state index is 12.0. The summed E-state index contributed by atoms with van der Waals surface area (Å²) in [6.07, 6.45) is 0. The summed E-state index contributed by atoms with van der Waals surface area (Å²) in [5, 5.41) is 2.81. The summed E-state index contributed by atoms with van der Waals surface area (Å²) in [4.78, 5) is 12.0. The molecular formula is C14H13BrN2O. The first-order valence-electron chi connectivity index (χ1n) is 5.49. The second-order valence-corrected chi connectivity index (χ2v) is 4.97. The van der Waals surface area contributed by atoms with Crippen LogP contribution in [0.4, 0.5) is 11.4 Å². The van der Waals surface area contributed by atoms with Gasteiger partial charge in [0.1, 0.15) is 0 Å². The molecular weight excluding hydrogens is 292 g/mol. The number of nitrogen functional groups attached to an aromatic ring is 1. The van der Waals surface area contributed by atoms with Crippen LogP contribution in [0.5, 0.6) is 0 Å². The third-order valence-corrected chi connectivity index (χ3v) is 3.09. The third kappa shape index (κ3) is 2.90. The molecule has 0 fully saturated rings. The zero-order chi connectivity index (χ0) is 13.1. The highest BCUT2D eigenvalue weighted by Gasteiger charge is 2.07. The van der Waals surface area contributed by atoms with Crippen molar-refractivity contribution in [1.82, 2.24) is 0 Å². The van der Waals surface area contributed by atoms with Gasteiger partial charge in [-0.15, -0.1) is 0 Å². The quantitative estimate of drug-likeness (QED) is 0.833. The fourth-order valence-corrected chi connectivity index (χ4v) is 1.84. The highest BCUT2D eigenvalue weighted by Crippen LogP contribution is 2.20. The highest BCUT2D eigenvalue weighted by atomic mass is 79.9. The molecule has 2 aromatic rings. The molecule has 92 valence electrons. The normalized spacial score (nSPS) is 10.1. The molecule has 4 heteroatoms. The van der Waals surface area contributed by atoms with Crippen LogP contribution in [0, 0.1) is 6.92 Å². The van der Waals surface area contributed by atoms with Gasteiger partial charge in [-0.25, -0.2) is 0 Å². The van der Waals surface area contributed by atoms with E-state index in [0.29, 0.717) is 16.9 Å². The molecule has 0 atom stereocenters. The number of rotatable bonds is 2. The summed E-state index contributed by atoms with van der Waals surface area (Å²) < 4.78 is 0.939. The Balaban J connectivity index is 2.21. The van der Waals surface area contributed by atoms with Gasteiger partial charge in [-0.05, 0) is 48.9 Å². The molecule has 0 aliphatic carbocycles. The Kier molecular flexibility index (Phi) is 3.67. The summed E-state index contributed by atoms with van der Waals surface area (Å²) in [5.74, 6) is -0.167. The number of amides is 1. The number of hydrogen-bond donors (Lipinski definition) is 2. The molecule has 0 bridgehead atoms. The lowest BCUT2D eigenvalue weighted by molar-refractivity contribution is 0.102. The Morgan fingerprint density at radius 2 is 1.83 bits per heavy atom. The molecule has 0 aliphatic heterocycles. The molecule has 0 spiro atoms. The van der Waals surface area contributed by atoms with Crippen molar-refractivity contribution < 1.29 is 4.79 Å². The van der Waals surface area contributed by atoms with Gasteiger partial charge in [-0.3, -0.25) is 4.79 Å². The van der Waals surface area contributed by atoms with Gasteiger partial charge in [0.2, 0.25) is 0 Å². The van der Waals surface area contributed by atoms with Gasteiger partial charge in [-0.1, -0.05) is 22.0 Å². The Morgan fingerprint density at radius 1 is 1.17 bits per heavy atom. The van der Waals surface area contributed by atoms with Crippen molar-refractivity contribution in [2.75, 3.05) is 11.1 Å². The summed E-state index contributed by atoms with van der Waals surface area (Å²) in [5.41, 5.74) is 8.67. The largest absolute Gasteiger partial charge is 0.397 e. The van der Waals surface area contributed by atoms with Crippen LogP contribution < -0.4 is 11.1 Å². The molecule has 0 unspecified atom stereocenters. The maximum Gasteiger partial charge on any atom is 0.255 e. The molecule has 0 radical (unpaired) electrons. The van der Waals surface area contributed by atoms with E-state index in [1.165, 1.54) is 0 Å². The van der Waals surface area contributed by atoms with Crippen molar-refractivity contribution in [2.24, 2.45) is 0 Å². The Hall–Kier alpha value is -1.81. The molecule has 0 aliphatic rings. The predicted molar refractivity (Wildman–Crippen MR) is 77.7 cm³/mol. The summed E-state index contributed by atoms with van der Waals surface area (Å²) in [7, 11) is 0. The second kappa shape index (κ2) is 5.23. The van der Waals surface area contributed by atoms with E-state index < -0.39 is 0 Å². The number of carbonyl (C=O) groups is 1. The smallest absolute Gasteiger partial charge is 0.255 e. The minimum absolute atomic E-state index is 0.167. The van der Waals surface area contributed by atoms with Gasteiger partial charge >= 0.3 is 0 Å². The lowest BCUT2D eigenvalue weighted by Crippen LogP contribution is -2.13. The van der Waals surface area contributed by atoms with Crippen molar-refractivity contribution in [2.45, 2.75) is 6.92 Å². The molecule has 2 rings (SSSR count).